The van der Waals surface area contributed by atoms with E-state index in [-0.39, 0.29) is 17.2 Å². The molecule has 8 heteroatoms. The molecule has 3 heterocycles. The third kappa shape index (κ3) is 2.99. The Balaban J connectivity index is 1.56. The van der Waals surface area contributed by atoms with Crippen LogP contribution in [0.4, 0.5) is 0 Å². The minimum absolute atomic E-state index is 0.100. The van der Waals surface area contributed by atoms with Gasteiger partial charge in [0.1, 0.15) is 6.10 Å². The Morgan fingerprint density at radius 2 is 1.86 bits per heavy atom. The molecule has 0 N–H and O–H groups in total. The van der Waals surface area contributed by atoms with E-state index in [1.807, 2.05) is 19.9 Å². The number of carbonyl (C=O) groups is 3. The predicted molar refractivity (Wildman–Crippen MR) is 97.1 cm³/mol. The molecule has 1 aromatic heterocycles. The molecule has 0 aliphatic carbocycles. The van der Waals surface area contributed by atoms with Crippen LogP contribution in [0.1, 0.15) is 65.2 Å². The van der Waals surface area contributed by atoms with E-state index in [9.17, 15) is 14.4 Å². The third-order valence-corrected chi connectivity index (χ3v) is 5.04. The van der Waals surface area contributed by atoms with E-state index in [0.717, 1.165) is 5.69 Å². The van der Waals surface area contributed by atoms with Crippen molar-refractivity contribution in [3.05, 3.63) is 53.3 Å². The maximum atomic E-state index is 12.9. The Hall–Kier alpha value is -3.00. The van der Waals surface area contributed by atoms with Crippen molar-refractivity contribution in [3.8, 4) is 0 Å². The summed E-state index contributed by atoms with van der Waals surface area (Å²) in [6.07, 6.45) is 2.35. The molecule has 0 bridgehead atoms. The van der Waals surface area contributed by atoms with Crippen LogP contribution in [0.25, 0.3) is 0 Å². The summed E-state index contributed by atoms with van der Waals surface area (Å²) in [7, 11) is 0. The van der Waals surface area contributed by atoms with Crippen LogP contribution in [0.3, 0.4) is 0 Å². The van der Waals surface area contributed by atoms with Gasteiger partial charge in [-0.1, -0.05) is 17.2 Å². The number of hydrogen-bond acceptors (Lipinski definition) is 6. The number of hydrogen-bond donors (Lipinski definition) is 0. The van der Waals surface area contributed by atoms with Gasteiger partial charge in [0.2, 0.25) is 0 Å². The van der Waals surface area contributed by atoms with Gasteiger partial charge in [-0.25, -0.2) is 4.79 Å². The van der Waals surface area contributed by atoms with E-state index in [2.05, 4.69) is 5.10 Å². The predicted octanol–water partition coefficient (Wildman–Crippen LogP) is 2.69. The van der Waals surface area contributed by atoms with E-state index in [1.54, 1.807) is 23.0 Å². The lowest BCUT2D eigenvalue weighted by Crippen LogP contribution is -2.39. The Bertz CT molecular complexity index is 900. The number of nitrogens with zero attached hydrogens (tertiary/aromatic N) is 3. The number of aromatic nitrogens is 2. The van der Waals surface area contributed by atoms with Crippen LogP contribution in [-0.4, -0.2) is 39.2 Å². The Labute approximate surface area is 162 Å². The lowest BCUT2D eigenvalue weighted by atomic mass is 9.92. The molecule has 0 unspecified atom stereocenters. The van der Waals surface area contributed by atoms with Crippen LogP contribution < -0.4 is 0 Å². The molecule has 1 aromatic carbocycles. The topological polar surface area (TPSA) is 90.7 Å². The summed E-state index contributed by atoms with van der Waals surface area (Å²) in [6.45, 7) is 4.50. The second-order valence-electron chi connectivity index (χ2n) is 7.20. The van der Waals surface area contributed by atoms with Crippen molar-refractivity contribution >= 4 is 17.8 Å². The molecule has 28 heavy (non-hydrogen) atoms. The number of fused-ring (bicyclic) bond motifs is 1. The summed E-state index contributed by atoms with van der Waals surface area (Å²) in [4.78, 5) is 43.1. The second kappa shape index (κ2) is 7.20. The van der Waals surface area contributed by atoms with Crippen molar-refractivity contribution < 1.29 is 24.0 Å². The van der Waals surface area contributed by atoms with E-state index < -0.39 is 29.8 Å². The van der Waals surface area contributed by atoms with Gasteiger partial charge in [-0.3, -0.25) is 14.3 Å². The lowest BCUT2D eigenvalue weighted by molar-refractivity contribution is -0.183. The molecule has 146 valence electrons. The highest BCUT2D eigenvalue weighted by Crippen LogP contribution is 2.36. The fourth-order valence-corrected chi connectivity index (χ4v) is 3.70. The minimum atomic E-state index is -0.657. The SMILES string of the molecule is CC(C)n1nccc1[C@@H]1OCCC[C@H]1C(=O)ON1C(=O)c2ccccc2C1=O. The van der Waals surface area contributed by atoms with Crippen molar-refractivity contribution in [1.29, 1.82) is 0 Å². The number of carbonyl (C=O) groups excluding carboxylic acids is 3. The Morgan fingerprint density at radius 3 is 2.50 bits per heavy atom. The molecule has 4 rings (SSSR count). The Kier molecular flexibility index (Phi) is 4.72. The molecule has 2 aliphatic rings. The Morgan fingerprint density at radius 1 is 1.18 bits per heavy atom. The van der Waals surface area contributed by atoms with E-state index >= 15 is 0 Å². The first-order chi connectivity index (χ1) is 13.5. The van der Waals surface area contributed by atoms with Crippen LogP contribution >= 0.6 is 0 Å². The van der Waals surface area contributed by atoms with Gasteiger partial charge in [-0.05, 0) is 44.9 Å². The van der Waals surface area contributed by atoms with Gasteiger partial charge >= 0.3 is 5.97 Å². The van der Waals surface area contributed by atoms with Crippen LogP contribution in [0.5, 0.6) is 0 Å². The summed E-state index contributed by atoms with van der Waals surface area (Å²) in [5, 5.41) is 4.86. The average Bonchev–Trinajstić information content (AvgIpc) is 3.28. The number of rotatable bonds is 4. The lowest BCUT2D eigenvalue weighted by Gasteiger charge is -2.31. The van der Waals surface area contributed by atoms with Gasteiger partial charge in [0.25, 0.3) is 11.8 Å². The average molecular weight is 383 g/mol. The summed E-state index contributed by atoms with van der Waals surface area (Å²) in [5.74, 6) is -2.55. The van der Waals surface area contributed by atoms with Crippen LogP contribution in [-0.2, 0) is 14.4 Å². The summed E-state index contributed by atoms with van der Waals surface area (Å²) < 4.78 is 7.68. The molecule has 0 saturated carbocycles. The quantitative estimate of drug-likeness (QED) is 0.754. The molecule has 1 saturated heterocycles. The van der Waals surface area contributed by atoms with Gasteiger partial charge in [-0.2, -0.15) is 5.10 Å². The van der Waals surface area contributed by atoms with Crippen molar-refractivity contribution in [2.75, 3.05) is 6.61 Å². The molecule has 2 amide bonds. The van der Waals surface area contributed by atoms with Gasteiger partial charge in [0, 0.05) is 18.8 Å². The van der Waals surface area contributed by atoms with E-state index in [1.165, 1.54) is 12.1 Å². The molecular weight excluding hydrogens is 362 g/mol. The minimum Gasteiger partial charge on any atom is -0.371 e. The van der Waals surface area contributed by atoms with Gasteiger partial charge in [0.05, 0.1) is 22.7 Å². The molecule has 2 aliphatic heterocycles. The van der Waals surface area contributed by atoms with Gasteiger partial charge < -0.3 is 9.57 Å². The standard InChI is InChI=1S/C20H21N3O5/c1-12(2)22-16(9-10-21-22)17-15(8-5-11-27-17)20(26)28-23-18(24)13-6-3-4-7-14(13)19(23)25/h3-4,6-7,9-10,12,15,17H,5,8,11H2,1-2H3/t15-,17-/m1/s1. The highest BCUT2D eigenvalue weighted by molar-refractivity contribution is 6.20. The van der Waals surface area contributed by atoms with Gasteiger partial charge in [-0.15, -0.1) is 0 Å². The maximum absolute atomic E-state index is 12.9. The molecule has 2 atom stereocenters. The van der Waals surface area contributed by atoms with Crippen molar-refractivity contribution in [3.63, 3.8) is 0 Å². The maximum Gasteiger partial charge on any atom is 0.339 e. The second-order valence-corrected chi connectivity index (χ2v) is 7.20. The first-order valence-electron chi connectivity index (χ1n) is 9.33. The normalized spacial score (nSPS) is 21.9. The number of hydroxylamine groups is 2. The molecule has 2 aromatic rings. The first-order valence-corrected chi connectivity index (χ1v) is 9.33. The number of ether oxygens (including phenoxy) is 1. The van der Waals surface area contributed by atoms with Crippen molar-refractivity contribution in [1.82, 2.24) is 14.8 Å². The summed E-state index contributed by atoms with van der Waals surface area (Å²) in [6, 6.07) is 8.32. The highest BCUT2D eigenvalue weighted by atomic mass is 16.7. The largest absolute Gasteiger partial charge is 0.371 e. The molecule has 0 spiro atoms. The zero-order chi connectivity index (χ0) is 19.8. The monoisotopic (exact) mass is 383 g/mol. The van der Waals surface area contributed by atoms with Crippen LogP contribution in [0.15, 0.2) is 36.5 Å². The number of amides is 2. The smallest absolute Gasteiger partial charge is 0.339 e. The zero-order valence-corrected chi connectivity index (χ0v) is 15.7. The van der Waals surface area contributed by atoms with E-state index in [0.29, 0.717) is 24.5 Å². The summed E-state index contributed by atoms with van der Waals surface area (Å²) in [5.41, 5.74) is 1.24. The first kappa shape index (κ1) is 18.4. The van der Waals surface area contributed by atoms with Crippen LogP contribution in [0.2, 0.25) is 0 Å². The highest BCUT2D eigenvalue weighted by Gasteiger charge is 2.43. The van der Waals surface area contributed by atoms with Crippen LogP contribution in [0, 0.1) is 5.92 Å². The van der Waals surface area contributed by atoms with E-state index in [4.69, 9.17) is 9.57 Å². The molecule has 8 nitrogen and oxygen atoms in total. The summed E-state index contributed by atoms with van der Waals surface area (Å²) >= 11 is 0. The van der Waals surface area contributed by atoms with Gasteiger partial charge in [0.15, 0.2) is 0 Å². The molecular formula is C20H21N3O5. The molecule has 1 fully saturated rings. The fourth-order valence-electron chi connectivity index (χ4n) is 3.70. The zero-order valence-electron chi connectivity index (χ0n) is 15.7. The molecule has 0 radical (unpaired) electrons. The number of imide groups is 1. The van der Waals surface area contributed by atoms with Crippen molar-refractivity contribution in [2.24, 2.45) is 5.92 Å². The fraction of sp³-hybridized carbons (Fsp3) is 0.400. The van der Waals surface area contributed by atoms with Crippen molar-refractivity contribution in [2.45, 2.75) is 38.8 Å². The number of benzene rings is 1. The third-order valence-electron chi connectivity index (χ3n) is 5.04.